The van der Waals surface area contributed by atoms with Gasteiger partial charge in [-0.1, -0.05) is 31.8 Å². The quantitative estimate of drug-likeness (QED) is 0.599. The first-order chi connectivity index (χ1) is 9.38. The van der Waals surface area contributed by atoms with Crippen LogP contribution in [0.1, 0.15) is 0 Å². The van der Waals surface area contributed by atoms with Gasteiger partial charge in [-0.2, -0.15) is 0 Å². The summed E-state index contributed by atoms with van der Waals surface area (Å²) >= 11 is 3.44. The van der Waals surface area contributed by atoms with Gasteiger partial charge in [0.2, 0.25) is 0 Å². The zero-order valence-corrected chi connectivity index (χ0v) is 14.7. The molecule has 0 saturated carbocycles. The van der Waals surface area contributed by atoms with Gasteiger partial charge in [0.15, 0.2) is 0 Å². The van der Waals surface area contributed by atoms with Crippen LogP contribution in [-0.2, 0) is 11.5 Å². The van der Waals surface area contributed by atoms with Crippen molar-refractivity contribution in [2.75, 3.05) is 6.61 Å². The van der Waals surface area contributed by atoms with Crippen molar-refractivity contribution in [1.29, 1.82) is 0 Å². The van der Waals surface area contributed by atoms with Gasteiger partial charge in [-0.05, 0) is 39.5 Å². The van der Waals surface area contributed by atoms with E-state index in [1.165, 1.54) is 0 Å². The highest BCUT2D eigenvalue weighted by molar-refractivity contribution is 9.10. The molecule has 0 atom stereocenters. The summed E-state index contributed by atoms with van der Waals surface area (Å²) in [6.07, 6.45) is 1.80. The number of hydrogen-bond donors (Lipinski definition) is 0. The Kier molecular flexibility index (Phi) is 4.83. The fraction of sp³-hybridized carbons (Fsp3) is 0.400. The van der Waals surface area contributed by atoms with E-state index in [1.54, 1.807) is 10.8 Å². The third kappa shape index (κ3) is 3.81. The zero-order chi connectivity index (χ0) is 14.8. The summed E-state index contributed by atoms with van der Waals surface area (Å²) in [7, 11) is -1.08. The molecule has 0 unspecified atom stereocenters. The van der Waals surface area contributed by atoms with E-state index in [1.807, 2.05) is 24.3 Å². The standard InChI is InChI=1S/C15H20BrNO2Si/c1-20(2,3)10-9-19-11-17-8-7-12-5-4-6-13(16)14(12)15(17)18/h4-8H,9-11H2,1-3H3. The molecule has 2 aromatic rings. The summed E-state index contributed by atoms with van der Waals surface area (Å²) in [6.45, 7) is 7.98. The second-order valence-corrected chi connectivity index (χ2v) is 12.6. The first kappa shape index (κ1) is 15.5. The molecule has 1 heterocycles. The predicted molar refractivity (Wildman–Crippen MR) is 90.0 cm³/mol. The van der Waals surface area contributed by atoms with Crippen LogP contribution in [0.3, 0.4) is 0 Å². The van der Waals surface area contributed by atoms with E-state index in [-0.39, 0.29) is 5.56 Å². The third-order valence-corrected chi connectivity index (χ3v) is 5.55. The van der Waals surface area contributed by atoms with Crippen molar-refractivity contribution in [3.8, 4) is 0 Å². The minimum atomic E-state index is -1.08. The number of fused-ring (bicyclic) bond motifs is 1. The Morgan fingerprint density at radius 3 is 2.70 bits per heavy atom. The van der Waals surface area contributed by atoms with Crippen molar-refractivity contribution in [2.24, 2.45) is 0 Å². The van der Waals surface area contributed by atoms with Crippen LogP contribution < -0.4 is 5.56 Å². The van der Waals surface area contributed by atoms with Gasteiger partial charge in [0.25, 0.3) is 5.56 Å². The fourth-order valence-electron chi connectivity index (χ4n) is 1.93. The number of aromatic nitrogens is 1. The molecule has 1 aromatic heterocycles. The Bertz CT molecular complexity index is 661. The number of rotatable bonds is 5. The fourth-order valence-corrected chi connectivity index (χ4v) is 3.24. The molecule has 2 rings (SSSR count). The topological polar surface area (TPSA) is 31.2 Å². The highest BCUT2D eigenvalue weighted by atomic mass is 79.9. The zero-order valence-electron chi connectivity index (χ0n) is 12.1. The van der Waals surface area contributed by atoms with E-state index >= 15 is 0 Å². The smallest absolute Gasteiger partial charge is 0.261 e. The van der Waals surface area contributed by atoms with E-state index < -0.39 is 8.07 Å². The van der Waals surface area contributed by atoms with Crippen LogP contribution in [0.25, 0.3) is 10.8 Å². The van der Waals surface area contributed by atoms with Gasteiger partial charge in [-0.3, -0.25) is 9.36 Å². The minimum absolute atomic E-state index is 0.0111. The van der Waals surface area contributed by atoms with Gasteiger partial charge in [0.1, 0.15) is 6.73 Å². The van der Waals surface area contributed by atoms with Gasteiger partial charge < -0.3 is 4.74 Å². The van der Waals surface area contributed by atoms with Crippen LogP contribution in [0, 0.1) is 0 Å². The normalized spacial score (nSPS) is 12.0. The lowest BCUT2D eigenvalue weighted by Gasteiger charge is -2.16. The molecule has 108 valence electrons. The van der Waals surface area contributed by atoms with E-state index in [0.717, 1.165) is 22.5 Å². The van der Waals surface area contributed by atoms with Crippen LogP contribution in [0.5, 0.6) is 0 Å². The molecule has 0 amide bonds. The predicted octanol–water partition coefficient (Wildman–Crippen LogP) is 4.08. The molecule has 20 heavy (non-hydrogen) atoms. The largest absolute Gasteiger partial charge is 0.361 e. The molecule has 0 bridgehead atoms. The summed E-state index contributed by atoms with van der Waals surface area (Å²) in [4.78, 5) is 12.4. The van der Waals surface area contributed by atoms with Crippen molar-refractivity contribution in [2.45, 2.75) is 32.4 Å². The molecule has 0 radical (unpaired) electrons. The Labute approximate surface area is 128 Å². The molecule has 0 aliphatic heterocycles. The molecule has 0 aliphatic rings. The van der Waals surface area contributed by atoms with Crippen LogP contribution >= 0.6 is 15.9 Å². The molecule has 0 fully saturated rings. The van der Waals surface area contributed by atoms with Crippen LogP contribution in [0.4, 0.5) is 0 Å². The molecular formula is C15H20BrNO2Si. The maximum Gasteiger partial charge on any atom is 0.261 e. The van der Waals surface area contributed by atoms with Gasteiger partial charge in [0, 0.05) is 25.4 Å². The molecule has 0 N–H and O–H groups in total. The van der Waals surface area contributed by atoms with Gasteiger partial charge in [-0.25, -0.2) is 0 Å². The molecule has 5 heteroatoms. The number of benzene rings is 1. The average Bonchev–Trinajstić information content (AvgIpc) is 2.35. The van der Waals surface area contributed by atoms with E-state index in [2.05, 4.69) is 35.6 Å². The number of ether oxygens (including phenoxy) is 1. The molecule has 0 saturated heterocycles. The monoisotopic (exact) mass is 353 g/mol. The van der Waals surface area contributed by atoms with Crippen LogP contribution in [0.15, 0.2) is 39.7 Å². The Morgan fingerprint density at radius 2 is 2.00 bits per heavy atom. The highest BCUT2D eigenvalue weighted by Crippen LogP contribution is 2.20. The van der Waals surface area contributed by atoms with Gasteiger partial charge in [-0.15, -0.1) is 0 Å². The molecule has 0 aliphatic carbocycles. The van der Waals surface area contributed by atoms with Crippen molar-refractivity contribution in [3.63, 3.8) is 0 Å². The van der Waals surface area contributed by atoms with Crippen LogP contribution in [-0.4, -0.2) is 19.2 Å². The maximum atomic E-state index is 12.4. The Balaban J connectivity index is 2.14. The van der Waals surface area contributed by atoms with E-state index in [9.17, 15) is 4.79 Å². The van der Waals surface area contributed by atoms with Crippen LogP contribution in [0.2, 0.25) is 25.7 Å². The second-order valence-electron chi connectivity index (χ2n) is 6.14. The Morgan fingerprint density at radius 1 is 1.25 bits per heavy atom. The molecular weight excluding hydrogens is 334 g/mol. The third-order valence-electron chi connectivity index (χ3n) is 3.18. The second kappa shape index (κ2) is 6.24. The summed E-state index contributed by atoms with van der Waals surface area (Å²) in [5.41, 5.74) is -0.0111. The summed E-state index contributed by atoms with van der Waals surface area (Å²) in [5, 5.41) is 1.66. The molecule has 1 aromatic carbocycles. The van der Waals surface area contributed by atoms with E-state index in [4.69, 9.17) is 4.74 Å². The highest BCUT2D eigenvalue weighted by Gasteiger charge is 2.12. The average molecular weight is 354 g/mol. The minimum Gasteiger partial charge on any atom is -0.361 e. The number of nitrogens with zero attached hydrogens (tertiary/aromatic N) is 1. The maximum absolute atomic E-state index is 12.4. The van der Waals surface area contributed by atoms with E-state index in [0.29, 0.717) is 12.1 Å². The lowest BCUT2D eigenvalue weighted by Crippen LogP contribution is -2.24. The molecule has 0 spiro atoms. The van der Waals surface area contributed by atoms with Gasteiger partial charge in [0.05, 0.1) is 5.39 Å². The Hall–Kier alpha value is -0.913. The first-order valence-corrected chi connectivity index (χ1v) is 11.2. The summed E-state index contributed by atoms with van der Waals surface area (Å²) in [5.74, 6) is 0. The summed E-state index contributed by atoms with van der Waals surface area (Å²) in [6, 6.07) is 8.82. The number of hydrogen-bond acceptors (Lipinski definition) is 2. The van der Waals surface area contributed by atoms with Crippen molar-refractivity contribution in [3.05, 3.63) is 45.3 Å². The summed E-state index contributed by atoms with van der Waals surface area (Å²) < 4.78 is 8.10. The lowest BCUT2D eigenvalue weighted by molar-refractivity contribution is 0.0851. The first-order valence-electron chi connectivity index (χ1n) is 6.74. The number of halogens is 1. The molecule has 3 nitrogen and oxygen atoms in total. The number of pyridine rings is 1. The van der Waals surface area contributed by atoms with Gasteiger partial charge >= 0.3 is 0 Å². The van der Waals surface area contributed by atoms with Crippen molar-refractivity contribution < 1.29 is 4.74 Å². The SMILES string of the molecule is C[Si](C)(C)CCOCn1ccc2cccc(Br)c2c1=O. The van der Waals surface area contributed by atoms with Crippen molar-refractivity contribution in [1.82, 2.24) is 4.57 Å². The lowest BCUT2D eigenvalue weighted by atomic mass is 10.2. The van der Waals surface area contributed by atoms with Crippen molar-refractivity contribution >= 4 is 34.8 Å².